The Labute approximate surface area is 129 Å². The normalized spacial score (nSPS) is 19.2. The van der Waals surface area contributed by atoms with Crippen LogP contribution in [0.3, 0.4) is 0 Å². The number of hydrogen-bond donors (Lipinski definition) is 1. The van der Waals surface area contributed by atoms with Crippen molar-refractivity contribution in [2.24, 2.45) is 5.92 Å². The van der Waals surface area contributed by atoms with Crippen LogP contribution in [0.1, 0.15) is 18.4 Å². The SMILES string of the molecule is CN(Cc1cc(Cl)ccc1OC(F)F)CC1CCCNC1. The number of hydrogen-bond acceptors (Lipinski definition) is 3. The summed E-state index contributed by atoms with van der Waals surface area (Å²) >= 11 is 5.96. The number of ether oxygens (including phenoxy) is 1. The molecule has 0 saturated carbocycles. The van der Waals surface area contributed by atoms with Crippen LogP contribution in [0.25, 0.3) is 0 Å². The molecule has 0 aromatic heterocycles. The van der Waals surface area contributed by atoms with Gasteiger partial charge >= 0.3 is 6.61 Å². The molecule has 2 rings (SSSR count). The molecule has 0 amide bonds. The van der Waals surface area contributed by atoms with Crippen molar-refractivity contribution < 1.29 is 13.5 Å². The topological polar surface area (TPSA) is 24.5 Å². The van der Waals surface area contributed by atoms with Crippen LogP contribution in [-0.4, -0.2) is 38.2 Å². The second-order valence-corrected chi connectivity index (χ2v) is 5.98. The zero-order valence-corrected chi connectivity index (χ0v) is 12.9. The minimum Gasteiger partial charge on any atom is -0.434 e. The Bertz CT molecular complexity index is 453. The number of rotatable bonds is 6. The first-order chi connectivity index (χ1) is 10.0. The van der Waals surface area contributed by atoms with E-state index in [0.29, 0.717) is 23.0 Å². The molecule has 1 atom stereocenters. The number of nitrogens with one attached hydrogen (secondary N) is 1. The lowest BCUT2D eigenvalue weighted by Gasteiger charge is -2.28. The third-order valence-corrected chi connectivity index (χ3v) is 3.88. The number of alkyl halides is 2. The highest BCUT2D eigenvalue weighted by Crippen LogP contribution is 2.26. The van der Waals surface area contributed by atoms with Crippen LogP contribution in [0.2, 0.25) is 5.02 Å². The molecule has 0 bridgehead atoms. The van der Waals surface area contributed by atoms with Gasteiger partial charge in [0.05, 0.1) is 0 Å². The zero-order chi connectivity index (χ0) is 15.2. The summed E-state index contributed by atoms with van der Waals surface area (Å²) in [7, 11) is 1.99. The fourth-order valence-corrected chi connectivity index (χ4v) is 2.95. The molecular formula is C15H21ClF2N2O. The Morgan fingerprint density at radius 3 is 2.95 bits per heavy atom. The molecule has 118 valence electrons. The summed E-state index contributed by atoms with van der Waals surface area (Å²) in [5.41, 5.74) is 0.689. The lowest BCUT2D eigenvalue weighted by Crippen LogP contribution is -2.36. The first kappa shape index (κ1) is 16.5. The van der Waals surface area contributed by atoms with Gasteiger partial charge in [0.15, 0.2) is 0 Å². The Kier molecular flexibility index (Phi) is 6.21. The Morgan fingerprint density at radius 1 is 1.48 bits per heavy atom. The predicted octanol–water partition coefficient (Wildman–Crippen LogP) is 3.37. The molecule has 1 aliphatic heterocycles. The van der Waals surface area contributed by atoms with Crippen molar-refractivity contribution in [1.29, 1.82) is 0 Å². The summed E-state index contributed by atoms with van der Waals surface area (Å²) in [4.78, 5) is 2.13. The van der Waals surface area contributed by atoms with Gasteiger partial charge in [-0.1, -0.05) is 11.6 Å². The van der Waals surface area contributed by atoms with E-state index in [1.165, 1.54) is 18.9 Å². The highest BCUT2D eigenvalue weighted by molar-refractivity contribution is 6.30. The maximum Gasteiger partial charge on any atom is 0.387 e. The summed E-state index contributed by atoms with van der Waals surface area (Å²) < 4.78 is 29.4. The molecule has 1 aromatic carbocycles. The van der Waals surface area contributed by atoms with Crippen molar-refractivity contribution in [2.45, 2.75) is 26.0 Å². The van der Waals surface area contributed by atoms with Crippen LogP contribution in [-0.2, 0) is 6.54 Å². The quantitative estimate of drug-likeness (QED) is 0.870. The largest absolute Gasteiger partial charge is 0.434 e. The molecule has 21 heavy (non-hydrogen) atoms. The van der Waals surface area contributed by atoms with Gasteiger partial charge in [-0.2, -0.15) is 8.78 Å². The molecule has 0 aliphatic carbocycles. The van der Waals surface area contributed by atoms with Crippen LogP contribution in [0.15, 0.2) is 18.2 Å². The second-order valence-electron chi connectivity index (χ2n) is 5.54. The number of benzene rings is 1. The van der Waals surface area contributed by atoms with Gasteiger partial charge in [0.2, 0.25) is 0 Å². The molecule has 1 aromatic rings. The lowest BCUT2D eigenvalue weighted by molar-refractivity contribution is -0.0507. The van der Waals surface area contributed by atoms with E-state index in [4.69, 9.17) is 11.6 Å². The highest BCUT2D eigenvalue weighted by atomic mass is 35.5. The summed E-state index contributed by atoms with van der Waals surface area (Å²) in [5, 5.41) is 3.91. The molecule has 0 radical (unpaired) electrons. The molecule has 1 unspecified atom stereocenters. The van der Waals surface area contributed by atoms with Crippen molar-refractivity contribution in [3.63, 3.8) is 0 Å². The fraction of sp³-hybridized carbons (Fsp3) is 0.600. The van der Waals surface area contributed by atoms with E-state index in [1.54, 1.807) is 12.1 Å². The van der Waals surface area contributed by atoms with E-state index >= 15 is 0 Å². The fourth-order valence-electron chi connectivity index (χ4n) is 2.76. The van der Waals surface area contributed by atoms with Crippen LogP contribution in [0, 0.1) is 5.92 Å². The van der Waals surface area contributed by atoms with E-state index in [9.17, 15) is 8.78 Å². The van der Waals surface area contributed by atoms with E-state index in [1.807, 2.05) is 7.05 Å². The van der Waals surface area contributed by atoms with Gasteiger partial charge in [-0.3, -0.25) is 0 Å². The standard InChI is InChI=1S/C15H21ClF2N2O/c1-20(9-11-3-2-6-19-8-11)10-12-7-13(16)4-5-14(12)21-15(17)18/h4-5,7,11,15,19H,2-3,6,8-10H2,1H3. The van der Waals surface area contributed by atoms with Crippen molar-refractivity contribution in [2.75, 3.05) is 26.7 Å². The molecule has 3 nitrogen and oxygen atoms in total. The van der Waals surface area contributed by atoms with Gasteiger partial charge in [-0.05, 0) is 57.1 Å². The van der Waals surface area contributed by atoms with Gasteiger partial charge in [0, 0.05) is 23.7 Å². The lowest BCUT2D eigenvalue weighted by atomic mass is 9.99. The maximum atomic E-state index is 12.4. The van der Waals surface area contributed by atoms with Crippen molar-refractivity contribution in [1.82, 2.24) is 10.2 Å². The van der Waals surface area contributed by atoms with Gasteiger partial charge in [-0.15, -0.1) is 0 Å². The average Bonchev–Trinajstić information content (AvgIpc) is 2.42. The van der Waals surface area contributed by atoms with Crippen LogP contribution in [0.5, 0.6) is 5.75 Å². The summed E-state index contributed by atoms with van der Waals surface area (Å²) in [6.07, 6.45) is 2.39. The third kappa shape index (κ3) is 5.41. The van der Waals surface area contributed by atoms with Crippen LogP contribution in [0.4, 0.5) is 8.78 Å². The van der Waals surface area contributed by atoms with E-state index < -0.39 is 6.61 Å². The monoisotopic (exact) mass is 318 g/mol. The van der Waals surface area contributed by atoms with Gasteiger partial charge in [-0.25, -0.2) is 0 Å². The van der Waals surface area contributed by atoms with E-state index in [2.05, 4.69) is 15.0 Å². The number of halogens is 3. The maximum absolute atomic E-state index is 12.4. The average molecular weight is 319 g/mol. The second kappa shape index (κ2) is 7.92. The highest BCUT2D eigenvalue weighted by Gasteiger charge is 2.17. The van der Waals surface area contributed by atoms with Crippen molar-refractivity contribution >= 4 is 11.6 Å². The predicted molar refractivity (Wildman–Crippen MR) is 80.0 cm³/mol. The number of nitrogens with zero attached hydrogens (tertiary/aromatic N) is 1. The van der Waals surface area contributed by atoms with E-state index in [-0.39, 0.29) is 5.75 Å². The Balaban J connectivity index is 1.98. The Hall–Kier alpha value is -0.910. The molecule has 1 heterocycles. The van der Waals surface area contributed by atoms with Gasteiger partial charge in [0.25, 0.3) is 0 Å². The van der Waals surface area contributed by atoms with Crippen LogP contribution >= 0.6 is 11.6 Å². The number of piperidine rings is 1. The smallest absolute Gasteiger partial charge is 0.387 e. The van der Waals surface area contributed by atoms with Crippen molar-refractivity contribution in [3.8, 4) is 5.75 Å². The van der Waals surface area contributed by atoms with E-state index in [0.717, 1.165) is 19.6 Å². The van der Waals surface area contributed by atoms with Gasteiger partial charge in [0.1, 0.15) is 5.75 Å². The summed E-state index contributed by atoms with van der Waals surface area (Å²) in [6.45, 7) is 0.742. The molecule has 0 spiro atoms. The molecular weight excluding hydrogens is 298 g/mol. The summed E-state index contributed by atoms with van der Waals surface area (Å²) in [6, 6.07) is 4.75. The minimum absolute atomic E-state index is 0.197. The molecule has 1 fully saturated rings. The molecule has 1 N–H and O–H groups in total. The van der Waals surface area contributed by atoms with Crippen molar-refractivity contribution in [3.05, 3.63) is 28.8 Å². The first-order valence-corrected chi connectivity index (χ1v) is 7.55. The zero-order valence-electron chi connectivity index (χ0n) is 12.1. The van der Waals surface area contributed by atoms with Crippen LogP contribution < -0.4 is 10.1 Å². The summed E-state index contributed by atoms with van der Waals surface area (Å²) in [5.74, 6) is 0.797. The first-order valence-electron chi connectivity index (χ1n) is 7.17. The molecule has 1 saturated heterocycles. The molecule has 1 aliphatic rings. The molecule has 6 heteroatoms. The Morgan fingerprint density at radius 2 is 2.29 bits per heavy atom. The van der Waals surface area contributed by atoms with Gasteiger partial charge < -0.3 is 15.0 Å². The minimum atomic E-state index is -2.82. The third-order valence-electron chi connectivity index (χ3n) is 3.65.